The molecule has 3 fully saturated rings. The Bertz CT molecular complexity index is 365. The summed E-state index contributed by atoms with van der Waals surface area (Å²) in [6, 6.07) is 0.489. The first-order chi connectivity index (χ1) is 6.97. The van der Waals surface area contributed by atoms with Crippen LogP contribution in [0, 0.1) is 16.7 Å². The van der Waals surface area contributed by atoms with E-state index in [4.69, 9.17) is 0 Å². The lowest BCUT2D eigenvalue weighted by molar-refractivity contribution is -0.123. The highest BCUT2D eigenvalue weighted by molar-refractivity contribution is 6.45. The van der Waals surface area contributed by atoms with Gasteiger partial charge in [-0.1, -0.05) is 20.8 Å². The van der Waals surface area contributed by atoms with Crippen molar-refractivity contribution in [2.75, 3.05) is 0 Å². The minimum Gasteiger partial charge on any atom is -0.292 e. The summed E-state index contributed by atoms with van der Waals surface area (Å²) in [4.78, 5) is 17.0. The van der Waals surface area contributed by atoms with Crippen LogP contribution >= 0.6 is 0 Å². The molecule has 3 aliphatic rings. The normalized spacial score (nSPS) is 45.4. The van der Waals surface area contributed by atoms with E-state index in [0.29, 0.717) is 17.7 Å². The Labute approximate surface area is 91.2 Å². The molecular formula is C13H19NO. The summed E-state index contributed by atoms with van der Waals surface area (Å²) in [5.74, 6) is 0.797. The van der Waals surface area contributed by atoms with Gasteiger partial charge < -0.3 is 0 Å². The molecule has 0 aliphatic heterocycles. The Morgan fingerprint density at radius 2 is 1.87 bits per heavy atom. The van der Waals surface area contributed by atoms with Crippen molar-refractivity contribution in [3.63, 3.8) is 0 Å². The predicted octanol–water partition coefficient (Wildman–Crippen LogP) is 2.62. The number of nitrogens with zero attached hydrogens (tertiary/aromatic N) is 1. The number of ketones is 1. The number of Topliss-reactive ketones (excluding diaryl/α,β-unsaturated/α-hetero) is 1. The molecular weight excluding hydrogens is 186 g/mol. The average molecular weight is 205 g/mol. The maximum absolute atomic E-state index is 12.3. The van der Waals surface area contributed by atoms with E-state index in [1.807, 2.05) is 0 Å². The average Bonchev–Trinajstić information content (AvgIpc) is 2.90. The maximum Gasteiger partial charge on any atom is 0.183 e. The molecule has 0 N–H and O–H groups in total. The molecule has 0 heterocycles. The number of hydrogen-bond acceptors (Lipinski definition) is 2. The highest BCUT2D eigenvalue weighted by Gasteiger charge is 2.65. The van der Waals surface area contributed by atoms with Crippen LogP contribution in [0.15, 0.2) is 4.99 Å². The molecule has 3 aliphatic carbocycles. The van der Waals surface area contributed by atoms with Crippen LogP contribution in [0.25, 0.3) is 0 Å². The third-order valence-electron chi connectivity index (χ3n) is 5.16. The fourth-order valence-corrected chi connectivity index (χ4v) is 3.38. The van der Waals surface area contributed by atoms with Crippen molar-refractivity contribution in [1.82, 2.24) is 0 Å². The van der Waals surface area contributed by atoms with Crippen molar-refractivity contribution in [2.24, 2.45) is 21.7 Å². The van der Waals surface area contributed by atoms with Gasteiger partial charge >= 0.3 is 0 Å². The van der Waals surface area contributed by atoms with Crippen molar-refractivity contribution in [3.05, 3.63) is 0 Å². The van der Waals surface area contributed by atoms with Crippen molar-refractivity contribution in [2.45, 2.75) is 52.5 Å². The molecule has 2 nitrogen and oxygen atoms in total. The van der Waals surface area contributed by atoms with Crippen molar-refractivity contribution >= 4 is 11.5 Å². The SMILES string of the molecule is CC12CCC(C(=NC3CC3)C1=O)C2(C)C. The second-order valence-electron chi connectivity index (χ2n) is 6.22. The molecule has 82 valence electrons. The first-order valence-electron chi connectivity index (χ1n) is 6.09. The number of hydrogen-bond donors (Lipinski definition) is 0. The van der Waals surface area contributed by atoms with Crippen LogP contribution in [0.2, 0.25) is 0 Å². The van der Waals surface area contributed by atoms with Gasteiger partial charge in [-0.15, -0.1) is 0 Å². The van der Waals surface area contributed by atoms with Gasteiger partial charge in [-0.25, -0.2) is 0 Å². The zero-order valence-corrected chi connectivity index (χ0v) is 9.84. The fourth-order valence-electron chi connectivity index (χ4n) is 3.38. The molecule has 0 aromatic heterocycles. The van der Waals surface area contributed by atoms with Crippen LogP contribution < -0.4 is 0 Å². The van der Waals surface area contributed by atoms with E-state index in [1.165, 1.54) is 19.3 Å². The summed E-state index contributed by atoms with van der Waals surface area (Å²) in [6.07, 6.45) is 4.62. The number of rotatable bonds is 1. The van der Waals surface area contributed by atoms with Crippen molar-refractivity contribution in [3.8, 4) is 0 Å². The lowest BCUT2D eigenvalue weighted by atomic mass is 9.70. The molecule has 2 bridgehead atoms. The van der Waals surface area contributed by atoms with Crippen LogP contribution in [0.3, 0.4) is 0 Å². The Kier molecular flexibility index (Phi) is 1.61. The van der Waals surface area contributed by atoms with Crippen LogP contribution in [-0.2, 0) is 4.79 Å². The zero-order chi connectivity index (χ0) is 10.8. The highest BCUT2D eigenvalue weighted by Crippen LogP contribution is 2.62. The first-order valence-corrected chi connectivity index (χ1v) is 6.09. The molecule has 15 heavy (non-hydrogen) atoms. The Morgan fingerprint density at radius 3 is 2.33 bits per heavy atom. The number of carbonyl (C=O) groups excluding carboxylic acids is 1. The van der Waals surface area contributed by atoms with Gasteiger partial charge in [0.1, 0.15) is 0 Å². The molecule has 3 rings (SSSR count). The van der Waals surface area contributed by atoms with Gasteiger partial charge in [-0.3, -0.25) is 9.79 Å². The molecule has 0 aromatic carbocycles. The number of aliphatic imine (C=N–C) groups is 1. The van der Waals surface area contributed by atoms with E-state index < -0.39 is 0 Å². The monoisotopic (exact) mass is 205 g/mol. The summed E-state index contributed by atoms with van der Waals surface area (Å²) >= 11 is 0. The minimum atomic E-state index is -0.120. The van der Waals surface area contributed by atoms with Crippen LogP contribution in [0.4, 0.5) is 0 Å². The standard InChI is InChI=1S/C13H19NO/c1-12(2)9-6-7-13(12,3)11(15)10(9)14-8-4-5-8/h8-9H,4-7H2,1-3H3. The van der Waals surface area contributed by atoms with Crippen LogP contribution in [0.5, 0.6) is 0 Å². The highest BCUT2D eigenvalue weighted by atomic mass is 16.1. The third kappa shape index (κ3) is 1.00. The van der Waals surface area contributed by atoms with E-state index >= 15 is 0 Å². The molecule has 0 radical (unpaired) electrons. The minimum absolute atomic E-state index is 0.120. The maximum atomic E-state index is 12.3. The van der Waals surface area contributed by atoms with Crippen molar-refractivity contribution in [1.29, 1.82) is 0 Å². The molecule has 0 aromatic rings. The molecule has 2 atom stereocenters. The van der Waals surface area contributed by atoms with E-state index in [9.17, 15) is 4.79 Å². The first kappa shape index (κ1) is 9.56. The fraction of sp³-hybridized carbons (Fsp3) is 0.846. The van der Waals surface area contributed by atoms with E-state index in [1.54, 1.807) is 0 Å². The Balaban J connectivity index is 2.05. The quantitative estimate of drug-likeness (QED) is 0.647. The molecule has 0 saturated heterocycles. The molecule has 0 amide bonds. The lowest BCUT2D eigenvalue weighted by Gasteiger charge is -2.31. The summed E-state index contributed by atoms with van der Waals surface area (Å²) < 4.78 is 0. The number of carbonyl (C=O) groups is 1. The molecule has 2 heteroatoms. The summed E-state index contributed by atoms with van der Waals surface area (Å²) in [5.41, 5.74) is 0.958. The summed E-state index contributed by atoms with van der Waals surface area (Å²) in [5, 5.41) is 0. The van der Waals surface area contributed by atoms with Gasteiger partial charge in [-0.2, -0.15) is 0 Å². The molecule has 2 unspecified atom stereocenters. The van der Waals surface area contributed by atoms with Crippen LogP contribution in [-0.4, -0.2) is 17.5 Å². The van der Waals surface area contributed by atoms with Gasteiger partial charge in [0.2, 0.25) is 0 Å². The van der Waals surface area contributed by atoms with Gasteiger partial charge in [0.05, 0.1) is 11.8 Å². The van der Waals surface area contributed by atoms with E-state index in [-0.39, 0.29) is 10.8 Å². The summed E-state index contributed by atoms with van der Waals surface area (Å²) in [7, 11) is 0. The second-order valence-corrected chi connectivity index (χ2v) is 6.22. The topological polar surface area (TPSA) is 29.4 Å². The van der Waals surface area contributed by atoms with Crippen LogP contribution in [0.1, 0.15) is 46.5 Å². The lowest BCUT2D eigenvalue weighted by Crippen LogP contribution is -2.33. The zero-order valence-electron chi connectivity index (χ0n) is 9.84. The third-order valence-corrected chi connectivity index (χ3v) is 5.16. The van der Waals surface area contributed by atoms with Gasteiger partial charge in [0.25, 0.3) is 0 Å². The Hall–Kier alpha value is -0.660. The second kappa shape index (κ2) is 2.53. The largest absolute Gasteiger partial charge is 0.292 e. The van der Waals surface area contributed by atoms with Crippen molar-refractivity contribution < 1.29 is 4.79 Å². The smallest absolute Gasteiger partial charge is 0.183 e. The Morgan fingerprint density at radius 1 is 1.20 bits per heavy atom. The molecule has 0 spiro atoms. The van der Waals surface area contributed by atoms with E-state index in [2.05, 4.69) is 25.8 Å². The van der Waals surface area contributed by atoms with Gasteiger partial charge in [-0.05, 0) is 31.1 Å². The van der Waals surface area contributed by atoms with Gasteiger partial charge in [0, 0.05) is 11.3 Å². The molecule has 3 saturated carbocycles. The number of fused-ring (bicyclic) bond motifs is 2. The predicted molar refractivity (Wildman–Crippen MR) is 60.1 cm³/mol. The van der Waals surface area contributed by atoms with E-state index in [0.717, 1.165) is 12.1 Å². The van der Waals surface area contributed by atoms with Gasteiger partial charge in [0.15, 0.2) is 5.78 Å². The summed E-state index contributed by atoms with van der Waals surface area (Å²) in [6.45, 7) is 6.64.